The van der Waals surface area contributed by atoms with Gasteiger partial charge in [0.25, 0.3) is 5.91 Å². The number of fused-ring (bicyclic) bond motifs is 1. The van der Waals surface area contributed by atoms with Gasteiger partial charge in [-0.1, -0.05) is 34.1 Å². The molecule has 4 heteroatoms. The van der Waals surface area contributed by atoms with Crippen LogP contribution in [0.4, 0.5) is 0 Å². The molecular weight excluding hydrogens is 222 g/mol. The Morgan fingerprint density at radius 2 is 2.08 bits per heavy atom. The summed E-state index contributed by atoms with van der Waals surface area (Å²) in [5, 5.41) is 9.91. The minimum Gasteiger partial charge on any atom is -0.284 e. The molecule has 1 aliphatic rings. The van der Waals surface area contributed by atoms with Crippen molar-refractivity contribution in [2.45, 2.75) is 4.95 Å². The Balaban J connectivity index is 2.59. The fourth-order valence-electron chi connectivity index (χ4n) is 1.26. The monoisotopic (exact) mass is 227 g/mol. The lowest BCUT2D eigenvalue weighted by atomic mass is 10.1. The smallest absolute Gasteiger partial charge is 0.279 e. The lowest BCUT2D eigenvalue weighted by Crippen LogP contribution is -2.20. The second kappa shape index (κ2) is 2.57. The topological polar surface area (TPSA) is 40.5 Å². The number of hydrogen-bond acceptors (Lipinski definition) is 2. The number of carbonyl (C=O) groups is 1. The number of rotatable bonds is 0. The van der Waals surface area contributed by atoms with Gasteiger partial charge in [-0.25, -0.2) is 5.06 Å². The molecule has 1 unspecified atom stereocenters. The molecule has 0 fully saturated rings. The summed E-state index contributed by atoms with van der Waals surface area (Å²) < 4.78 is 0. The zero-order valence-electron chi connectivity index (χ0n) is 6.07. The molecule has 1 aromatic carbocycles. The molecule has 62 valence electrons. The van der Waals surface area contributed by atoms with Crippen LogP contribution in [0, 0.1) is 0 Å². The summed E-state index contributed by atoms with van der Waals surface area (Å²) >= 11 is 3.20. The molecule has 0 aliphatic carbocycles. The number of hydroxylamine groups is 2. The predicted octanol–water partition coefficient (Wildman–Crippen LogP) is 1.93. The molecule has 0 saturated carbocycles. The maximum atomic E-state index is 11.3. The van der Waals surface area contributed by atoms with E-state index < -0.39 is 4.95 Å². The Hall–Kier alpha value is -0.870. The van der Waals surface area contributed by atoms with E-state index in [1.54, 1.807) is 12.1 Å². The molecule has 1 aliphatic heterocycles. The lowest BCUT2D eigenvalue weighted by molar-refractivity contribution is -0.0589. The Morgan fingerprint density at radius 3 is 2.75 bits per heavy atom. The Labute approximate surface area is 77.7 Å². The van der Waals surface area contributed by atoms with Gasteiger partial charge in [0.2, 0.25) is 0 Å². The van der Waals surface area contributed by atoms with E-state index >= 15 is 0 Å². The van der Waals surface area contributed by atoms with E-state index in [9.17, 15) is 10.0 Å². The molecule has 3 nitrogen and oxygen atoms in total. The van der Waals surface area contributed by atoms with Crippen LogP contribution in [0.1, 0.15) is 20.9 Å². The number of benzene rings is 1. The van der Waals surface area contributed by atoms with E-state index in [0.717, 1.165) is 5.56 Å². The van der Waals surface area contributed by atoms with Crippen LogP contribution in [0.15, 0.2) is 24.3 Å². The summed E-state index contributed by atoms with van der Waals surface area (Å²) in [6, 6.07) is 7.11. The van der Waals surface area contributed by atoms with Crippen LogP contribution < -0.4 is 0 Å². The van der Waals surface area contributed by atoms with Gasteiger partial charge < -0.3 is 0 Å². The predicted molar refractivity (Wildman–Crippen MR) is 46.1 cm³/mol. The molecule has 1 aromatic rings. The minimum absolute atomic E-state index is 0.354. The molecule has 12 heavy (non-hydrogen) atoms. The highest BCUT2D eigenvalue weighted by atomic mass is 79.9. The van der Waals surface area contributed by atoms with E-state index in [-0.39, 0.29) is 5.91 Å². The zero-order chi connectivity index (χ0) is 8.72. The number of alkyl halides is 1. The van der Waals surface area contributed by atoms with Crippen molar-refractivity contribution in [3.63, 3.8) is 0 Å². The highest BCUT2D eigenvalue weighted by Gasteiger charge is 2.33. The second-order valence-electron chi connectivity index (χ2n) is 2.57. The fraction of sp³-hybridized carbons (Fsp3) is 0.125. The summed E-state index contributed by atoms with van der Waals surface area (Å²) in [4.78, 5) is 10.9. The molecule has 0 spiro atoms. The standard InChI is InChI=1S/C8H6BrNO2/c9-7-5-3-1-2-4-6(5)8(11)10(7)12/h1-4,7,12H. The van der Waals surface area contributed by atoms with E-state index in [1.165, 1.54) is 0 Å². The third-order valence-electron chi connectivity index (χ3n) is 1.87. The average Bonchev–Trinajstić information content (AvgIpc) is 2.33. The van der Waals surface area contributed by atoms with Crippen LogP contribution in [-0.4, -0.2) is 16.2 Å². The van der Waals surface area contributed by atoms with Gasteiger partial charge in [0.05, 0.1) is 0 Å². The second-order valence-corrected chi connectivity index (χ2v) is 3.44. The van der Waals surface area contributed by atoms with Crippen LogP contribution in [0.5, 0.6) is 0 Å². The third kappa shape index (κ3) is 0.884. The zero-order valence-corrected chi connectivity index (χ0v) is 7.65. The van der Waals surface area contributed by atoms with Crippen LogP contribution in [0.3, 0.4) is 0 Å². The SMILES string of the molecule is O=C1c2ccccc2C(Br)N1O. The maximum Gasteiger partial charge on any atom is 0.279 e. The number of halogens is 1. The van der Waals surface area contributed by atoms with Crippen LogP contribution in [0.25, 0.3) is 0 Å². The highest BCUT2D eigenvalue weighted by Crippen LogP contribution is 2.35. The van der Waals surface area contributed by atoms with Crippen molar-refractivity contribution in [3.05, 3.63) is 35.4 Å². The van der Waals surface area contributed by atoms with E-state index in [2.05, 4.69) is 15.9 Å². The maximum absolute atomic E-state index is 11.3. The normalized spacial score (nSPS) is 21.3. The van der Waals surface area contributed by atoms with Crippen molar-refractivity contribution >= 4 is 21.8 Å². The van der Waals surface area contributed by atoms with Gasteiger partial charge >= 0.3 is 0 Å². The number of amides is 1. The molecule has 0 radical (unpaired) electrons. The van der Waals surface area contributed by atoms with Gasteiger partial charge in [-0.3, -0.25) is 10.0 Å². The summed E-state index contributed by atoms with van der Waals surface area (Å²) in [5.74, 6) is -0.354. The first-order chi connectivity index (χ1) is 5.72. The van der Waals surface area contributed by atoms with E-state index in [4.69, 9.17) is 0 Å². The quantitative estimate of drug-likeness (QED) is 0.418. The molecule has 0 saturated heterocycles. The summed E-state index contributed by atoms with van der Waals surface area (Å²) in [7, 11) is 0. The van der Waals surface area contributed by atoms with Crippen molar-refractivity contribution in [1.82, 2.24) is 5.06 Å². The van der Waals surface area contributed by atoms with Crippen molar-refractivity contribution in [2.75, 3.05) is 0 Å². The van der Waals surface area contributed by atoms with E-state index in [1.807, 2.05) is 12.1 Å². The largest absolute Gasteiger partial charge is 0.284 e. The van der Waals surface area contributed by atoms with Crippen molar-refractivity contribution in [2.24, 2.45) is 0 Å². The number of carbonyl (C=O) groups excluding carboxylic acids is 1. The summed E-state index contributed by atoms with van der Waals surface area (Å²) in [6.45, 7) is 0. The molecule has 1 amide bonds. The molecule has 2 rings (SSSR count). The van der Waals surface area contributed by atoms with Gasteiger partial charge in [-0.15, -0.1) is 0 Å². The Bertz CT molecular complexity index is 340. The number of nitrogens with zero attached hydrogens (tertiary/aromatic N) is 1. The average molecular weight is 228 g/mol. The first-order valence-electron chi connectivity index (χ1n) is 3.47. The molecular formula is C8H6BrNO2. The minimum atomic E-state index is -0.402. The third-order valence-corrected chi connectivity index (χ3v) is 2.75. The van der Waals surface area contributed by atoms with Gasteiger partial charge in [0.15, 0.2) is 0 Å². The molecule has 1 N–H and O–H groups in total. The fourth-order valence-corrected chi connectivity index (χ4v) is 1.84. The van der Waals surface area contributed by atoms with Crippen molar-refractivity contribution in [1.29, 1.82) is 0 Å². The van der Waals surface area contributed by atoms with Crippen LogP contribution in [-0.2, 0) is 0 Å². The first kappa shape index (κ1) is 7.76. The Kier molecular flexibility index (Phi) is 1.66. The summed E-state index contributed by atoms with van der Waals surface area (Å²) in [6.07, 6.45) is 0. The first-order valence-corrected chi connectivity index (χ1v) is 4.39. The van der Waals surface area contributed by atoms with Gasteiger partial charge in [0, 0.05) is 11.1 Å². The molecule has 1 atom stereocenters. The highest BCUT2D eigenvalue weighted by molar-refractivity contribution is 9.09. The van der Waals surface area contributed by atoms with Crippen molar-refractivity contribution in [3.8, 4) is 0 Å². The van der Waals surface area contributed by atoms with Crippen LogP contribution in [0.2, 0.25) is 0 Å². The Morgan fingerprint density at radius 1 is 1.42 bits per heavy atom. The van der Waals surface area contributed by atoms with Gasteiger partial charge in [0.1, 0.15) is 4.95 Å². The molecule has 1 heterocycles. The van der Waals surface area contributed by atoms with E-state index in [0.29, 0.717) is 10.6 Å². The van der Waals surface area contributed by atoms with Gasteiger partial charge in [-0.05, 0) is 6.07 Å². The van der Waals surface area contributed by atoms with Crippen LogP contribution >= 0.6 is 15.9 Å². The number of hydrogen-bond donors (Lipinski definition) is 1. The molecule has 0 aromatic heterocycles. The lowest BCUT2D eigenvalue weighted by Gasteiger charge is -2.10. The molecule has 0 bridgehead atoms. The van der Waals surface area contributed by atoms with Crippen molar-refractivity contribution < 1.29 is 10.0 Å². The summed E-state index contributed by atoms with van der Waals surface area (Å²) in [5.41, 5.74) is 1.37. The van der Waals surface area contributed by atoms with Gasteiger partial charge in [-0.2, -0.15) is 0 Å².